The molecule has 0 aliphatic rings. The van der Waals surface area contributed by atoms with Gasteiger partial charge in [0.1, 0.15) is 5.82 Å². The van der Waals surface area contributed by atoms with Gasteiger partial charge in [0.05, 0.1) is 16.7 Å². The van der Waals surface area contributed by atoms with Crippen LogP contribution in [0.4, 0.5) is 5.82 Å². The predicted octanol–water partition coefficient (Wildman–Crippen LogP) is 3.13. The maximum atomic E-state index is 5.92. The van der Waals surface area contributed by atoms with E-state index < -0.39 is 0 Å². The molecule has 4 rings (SSSR count). The molecule has 0 aliphatic carbocycles. The van der Waals surface area contributed by atoms with E-state index in [1.807, 2.05) is 52.9 Å². The summed E-state index contributed by atoms with van der Waals surface area (Å²) in [6, 6.07) is 20.0. The third kappa shape index (κ3) is 1.55. The minimum absolute atomic E-state index is 0.478. The molecule has 0 saturated carbocycles. The van der Waals surface area contributed by atoms with Gasteiger partial charge in [0.15, 0.2) is 0 Å². The molecule has 0 saturated heterocycles. The van der Waals surface area contributed by atoms with Crippen molar-refractivity contribution < 1.29 is 0 Å². The lowest BCUT2D eigenvalue weighted by Crippen LogP contribution is -1.99. The molecule has 2 aromatic carbocycles. The van der Waals surface area contributed by atoms with Crippen molar-refractivity contribution in [1.82, 2.24) is 14.4 Å². The second-order valence-corrected chi connectivity index (χ2v) is 4.67. The predicted molar refractivity (Wildman–Crippen MR) is 80.3 cm³/mol. The quantitative estimate of drug-likeness (QED) is 0.572. The lowest BCUT2D eigenvalue weighted by Gasteiger charge is -2.07. The van der Waals surface area contributed by atoms with E-state index >= 15 is 0 Å². The maximum Gasteiger partial charge on any atom is 0.237 e. The molecule has 2 N–H and O–H groups in total. The van der Waals surface area contributed by atoms with Crippen LogP contribution in [-0.4, -0.2) is 14.4 Å². The van der Waals surface area contributed by atoms with Crippen LogP contribution >= 0.6 is 0 Å². The largest absolute Gasteiger partial charge is 0.384 e. The SMILES string of the molecule is Nc1cc(-c2ccccc2)n2c(n1)nc1ccccc12. The van der Waals surface area contributed by atoms with E-state index in [2.05, 4.69) is 22.1 Å². The Balaban J connectivity index is 2.19. The van der Waals surface area contributed by atoms with Crippen LogP contribution in [-0.2, 0) is 0 Å². The Hall–Kier alpha value is -2.88. The van der Waals surface area contributed by atoms with Gasteiger partial charge in [-0.3, -0.25) is 4.40 Å². The van der Waals surface area contributed by atoms with Gasteiger partial charge in [0.25, 0.3) is 0 Å². The zero-order valence-corrected chi connectivity index (χ0v) is 10.7. The monoisotopic (exact) mass is 260 g/mol. The average Bonchev–Trinajstić information content (AvgIpc) is 2.85. The summed E-state index contributed by atoms with van der Waals surface area (Å²) in [5, 5.41) is 0. The Bertz CT molecular complexity index is 910. The van der Waals surface area contributed by atoms with Crippen molar-refractivity contribution in [2.24, 2.45) is 0 Å². The van der Waals surface area contributed by atoms with Gasteiger partial charge in [0, 0.05) is 6.07 Å². The fourth-order valence-corrected chi connectivity index (χ4v) is 2.50. The lowest BCUT2D eigenvalue weighted by atomic mass is 10.1. The van der Waals surface area contributed by atoms with Crippen molar-refractivity contribution in [3.8, 4) is 11.3 Å². The number of hydrogen-bond acceptors (Lipinski definition) is 3. The highest BCUT2D eigenvalue weighted by molar-refractivity contribution is 5.83. The van der Waals surface area contributed by atoms with E-state index in [-0.39, 0.29) is 0 Å². The standard InChI is InChI=1S/C16H12N4/c17-15-10-14(11-6-2-1-3-7-11)20-13-9-5-4-8-12(13)18-16(20)19-15/h1-10H,(H2,17,18,19). The fourth-order valence-electron chi connectivity index (χ4n) is 2.50. The summed E-state index contributed by atoms with van der Waals surface area (Å²) in [4.78, 5) is 8.86. The minimum atomic E-state index is 0.478. The van der Waals surface area contributed by atoms with E-state index in [9.17, 15) is 0 Å². The highest BCUT2D eigenvalue weighted by Crippen LogP contribution is 2.26. The van der Waals surface area contributed by atoms with Crippen molar-refractivity contribution in [3.05, 3.63) is 60.7 Å². The van der Waals surface area contributed by atoms with E-state index in [0.29, 0.717) is 11.6 Å². The first-order valence-corrected chi connectivity index (χ1v) is 6.42. The zero-order valence-electron chi connectivity index (χ0n) is 10.7. The van der Waals surface area contributed by atoms with E-state index in [1.165, 1.54) is 0 Å². The van der Waals surface area contributed by atoms with Crippen molar-refractivity contribution in [2.75, 3.05) is 5.73 Å². The smallest absolute Gasteiger partial charge is 0.237 e. The highest BCUT2D eigenvalue weighted by atomic mass is 15.1. The molecule has 0 atom stereocenters. The van der Waals surface area contributed by atoms with Crippen LogP contribution in [0.15, 0.2) is 60.7 Å². The Morgan fingerprint density at radius 2 is 1.60 bits per heavy atom. The number of fused-ring (bicyclic) bond motifs is 3. The fraction of sp³-hybridized carbons (Fsp3) is 0. The molecule has 20 heavy (non-hydrogen) atoms. The summed E-state index contributed by atoms with van der Waals surface area (Å²) in [5.41, 5.74) is 9.97. The van der Waals surface area contributed by atoms with Crippen molar-refractivity contribution in [3.63, 3.8) is 0 Å². The number of aromatic nitrogens is 3. The third-order valence-corrected chi connectivity index (χ3v) is 3.37. The molecule has 0 fully saturated rings. The molecule has 0 radical (unpaired) electrons. The second-order valence-electron chi connectivity index (χ2n) is 4.67. The summed E-state index contributed by atoms with van der Waals surface area (Å²) in [7, 11) is 0. The summed E-state index contributed by atoms with van der Waals surface area (Å²) in [6.07, 6.45) is 0. The highest BCUT2D eigenvalue weighted by Gasteiger charge is 2.11. The second kappa shape index (κ2) is 4.06. The Kier molecular flexibility index (Phi) is 2.23. The third-order valence-electron chi connectivity index (χ3n) is 3.37. The molecule has 0 unspecified atom stereocenters. The zero-order chi connectivity index (χ0) is 13.5. The summed E-state index contributed by atoms with van der Waals surface area (Å²) in [6.45, 7) is 0. The molecule has 4 aromatic rings. The Labute approximate surface area is 115 Å². The van der Waals surface area contributed by atoms with Gasteiger partial charge >= 0.3 is 0 Å². The number of nitrogens with two attached hydrogens (primary N) is 1. The molecule has 96 valence electrons. The molecule has 0 aliphatic heterocycles. The average molecular weight is 260 g/mol. The Morgan fingerprint density at radius 1 is 0.850 bits per heavy atom. The molecular formula is C16H12N4. The van der Waals surface area contributed by atoms with Gasteiger partial charge in [-0.2, -0.15) is 4.98 Å². The van der Waals surface area contributed by atoms with Crippen molar-refractivity contribution in [2.45, 2.75) is 0 Å². The lowest BCUT2D eigenvalue weighted by molar-refractivity contribution is 1.15. The number of para-hydroxylation sites is 2. The van der Waals surface area contributed by atoms with Crippen LogP contribution in [0.2, 0.25) is 0 Å². The first-order valence-electron chi connectivity index (χ1n) is 6.42. The number of anilines is 1. The number of nitrogen functional groups attached to an aromatic ring is 1. The topological polar surface area (TPSA) is 56.2 Å². The number of benzene rings is 2. The molecule has 4 nitrogen and oxygen atoms in total. The van der Waals surface area contributed by atoms with Crippen LogP contribution in [0.1, 0.15) is 0 Å². The molecule has 0 bridgehead atoms. The number of imidazole rings is 1. The van der Waals surface area contributed by atoms with Crippen LogP contribution < -0.4 is 5.73 Å². The number of rotatable bonds is 1. The van der Waals surface area contributed by atoms with E-state index in [1.54, 1.807) is 0 Å². The van der Waals surface area contributed by atoms with Gasteiger partial charge < -0.3 is 5.73 Å². The van der Waals surface area contributed by atoms with Gasteiger partial charge in [-0.15, -0.1) is 0 Å². The minimum Gasteiger partial charge on any atom is -0.384 e. The van der Waals surface area contributed by atoms with Gasteiger partial charge in [-0.1, -0.05) is 42.5 Å². The molecule has 2 aromatic heterocycles. The Morgan fingerprint density at radius 3 is 2.45 bits per heavy atom. The summed E-state index contributed by atoms with van der Waals surface area (Å²) < 4.78 is 2.04. The first-order chi connectivity index (χ1) is 9.83. The first kappa shape index (κ1) is 11.0. The molecular weight excluding hydrogens is 248 g/mol. The molecule has 0 amide bonds. The summed E-state index contributed by atoms with van der Waals surface area (Å²) in [5.74, 6) is 1.11. The molecule has 4 heteroatoms. The van der Waals surface area contributed by atoms with Crippen molar-refractivity contribution in [1.29, 1.82) is 0 Å². The number of hydrogen-bond donors (Lipinski definition) is 1. The van der Waals surface area contributed by atoms with Crippen molar-refractivity contribution >= 4 is 22.6 Å². The van der Waals surface area contributed by atoms with E-state index in [0.717, 1.165) is 22.3 Å². The van der Waals surface area contributed by atoms with Gasteiger partial charge in [-0.05, 0) is 17.7 Å². The number of nitrogens with zero attached hydrogens (tertiary/aromatic N) is 3. The van der Waals surface area contributed by atoms with E-state index in [4.69, 9.17) is 5.73 Å². The molecule has 0 spiro atoms. The van der Waals surface area contributed by atoms with Crippen LogP contribution in [0.25, 0.3) is 28.1 Å². The van der Waals surface area contributed by atoms with Crippen LogP contribution in [0, 0.1) is 0 Å². The van der Waals surface area contributed by atoms with Crippen LogP contribution in [0.3, 0.4) is 0 Å². The van der Waals surface area contributed by atoms with Gasteiger partial charge in [-0.25, -0.2) is 4.98 Å². The normalized spacial score (nSPS) is 11.2. The van der Waals surface area contributed by atoms with Crippen LogP contribution in [0.5, 0.6) is 0 Å². The van der Waals surface area contributed by atoms with Gasteiger partial charge in [0.2, 0.25) is 5.78 Å². The summed E-state index contributed by atoms with van der Waals surface area (Å²) >= 11 is 0. The molecule has 2 heterocycles. The maximum absolute atomic E-state index is 5.92.